The van der Waals surface area contributed by atoms with Crippen LogP contribution in [0.4, 0.5) is 0 Å². The number of carbonyl (C=O) groups excluding carboxylic acids is 3. The van der Waals surface area contributed by atoms with Crippen molar-refractivity contribution in [3.8, 4) is 0 Å². The molecule has 4 unspecified atom stereocenters. The molecule has 1 saturated heterocycles. The van der Waals surface area contributed by atoms with E-state index in [-0.39, 0.29) is 18.2 Å². The summed E-state index contributed by atoms with van der Waals surface area (Å²) in [5.74, 6) is -3.84. The summed E-state index contributed by atoms with van der Waals surface area (Å²) in [5, 5.41) is 23.1. The third-order valence-electron chi connectivity index (χ3n) is 5.12. The summed E-state index contributed by atoms with van der Waals surface area (Å²) in [6.45, 7) is 4.20. The van der Waals surface area contributed by atoms with Crippen molar-refractivity contribution in [1.29, 1.82) is 0 Å². The van der Waals surface area contributed by atoms with E-state index in [1.54, 1.807) is 6.26 Å². The van der Waals surface area contributed by atoms with E-state index >= 15 is 0 Å². The lowest BCUT2D eigenvalue weighted by molar-refractivity contribution is -0.144. The highest BCUT2D eigenvalue weighted by Crippen LogP contribution is 2.20. The van der Waals surface area contributed by atoms with E-state index in [4.69, 9.17) is 10.8 Å². The molecule has 0 saturated carbocycles. The average Bonchev–Trinajstić information content (AvgIpc) is 3.18. The average molecular weight is 475 g/mol. The van der Waals surface area contributed by atoms with Crippen molar-refractivity contribution in [2.45, 2.75) is 70.1 Å². The summed E-state index contributed by atoms with van der Waals surface area (Å²) in [7, 11) is 0. The SMILES string of the molecule is CSCCC(NC(=O)C(CC(=O)O)NC(=O)C1CCCN1C(=O)C(N)CC(C)C)C(=O)O. The molecule has 0 aromatic rings. The van der Waals surface area contributed by atoms with E-state index in [1.165, 1.54) is 16.7 Å². The predicted molar refractivity (Wildman–Crippen MR) is 119 cm³/mol. The standard InChI is InChI=1S/C20H34N4O7S/c1-11(2)9-12(21)19(29)24-7-4-5-15(24)18(28)23-14(10-16(25)26)17(27)22-13(20(30)31)6-8-32-3/h11-15H,4-10,21H2,1-3H3,(H,22,27)(H,23,28)(H,25,26)(H,30,31). The Hall–Kier alpha value is -2.34. The Kier molecular flexibility index (Phi) is 11.5. The molecule has 182 valence electrons. The third kappa shape index (κ3) is 8.65. The Bertz CT molecular complexity index is 703. The van der Waals surface area contributed by atoms with Crippen LogP contribution in [0.25, 0.3) is 0 Å². The number of nitrogens with one attached hydrogen (secondary N) is 2. The zero-order chi connectivity index (χ0) is 24.4. The van der Waals surface area contributed by atoms with Crippen LogP contribution in [0, 0.1) is 5.92 Å². The fourth-order valence-corrected chi connectivity index (χ4v) is 4.01. The lowest BCUT2D eigenvalue weighted by atomic mass is 10.0. The van der Waals surface area contributed by atoms with Crippen molar-refractivity contribution in [3.05, 3.63) is 0 Å². The quantitative estimate of drug-likeness (QED) is 0.238. The van der Waals surface area contributed by atoms with Crippen molar-refractivity contribution in [1.82, 2.24) is 15.5 Å². The van der Waals surface area contributed by atoms with E-state index in [0.29, 0.717) is 31.6 Å². The van der Waals surface area contributed by atoms with E-state index < -0.39 is 54.3 Å². The van der Waals surface area contributed by atoms with Crippen molar-refractivity contribution in [2.75, 3.05) is 18.6 Å². The zero-order valence-corrected chi connectivity index (χ0v) is 19.5. The smallest absolute Gasteiger partial charge is 0.326 e. The molecule has 12 heteroatoms. The number of nitrogens with two attached hydrogens (primary N) is 1. The van der Waals surface area contributed by atoms with Crippen molar-refractivity contribution in [3.63, 3.8) is 0 Å². The second-order valence-corrected chi connectivity index (χ2v) is 9.25. The van der Waals surface area contributed by atoms with Crippen LogP contribution in [-0.2, 0) is 24.0 Å². The van der Waals surface area contributed by atoms with Gasteiger partial charge < -0.3 is 31.5 Å². The van der Waals surface area contributed by atoms with Gasteiger partial charge in [0.2, 0.25) is 17.7 Å². The number of likely N-dealkylation sites (tertiary alicyclic amines) is 1. The molecule has 4 atom stereocenters. The van der Waals surface area contributed by atoms with Crippen molar-refractivity contribution < 1.29 is 34.2 Å². The number of nitrogens with zero attached hydrogens (tertiary/aromatic N) is 1. The lowest BCUT2D eigenvalue weighted by Gasteiger charge is -2.28. The second-order valence-electron chi connectivity index (χ2n) is 8.27. The van der Waals surface area contributed by atoms with Crippen LogP contribution in [0.15, 0.2) is 0 Å². The largest absolute Gasteiger partial charge is 0.481 e. The van der Waals surface area contributed by atoms with Crippen LogP contribution < -0.4 is 16.4 Å². The highest BCUT2D eigenvalue weighted by Gasteiger charge is 2.38. The van der Waals surface area contributed by atoms with Crippen LogP contribution in [-0.4, -0.2) is 87.5 Å². The highest BCUT2D eigenvalue weighted by atomic mass is 32.2. The van der Waals surface area contributed by atoms with Gasteiger partial charge in [-0.2, -0.15) is 11.8 Å². The summed E-state index contributed by atoms with van der Waals surface area (Å²) in [5.41, 5.74) is 5.98. The highest BCUT2D eigenvalue weighted by molar-refractivity contribution is 7.98. The van der Waals surface area contributed by atoms with Gasteiger partial charge in [0.15, 0.2) is 0 Å². The monoisotopic (exact) mass is 474 g/mol. The zero-order valence-electron chi connectivity index (χ0n) is 18.7. The molecule has 0 aliphatic carbocycles. The summed E-state index contributed by atoms with van der Waals surface area (Å²) in [4.78, 5) is 62.1. The number of hydrogen-bond donors (Lipinski definition) is 5. The molecule has 1 rings (SSSR count). The maximum absolute atomic E-state index is 12.9. The first-order chi connectivity index (χ1) is 15.0. The first kappa shape index (κ1) is 27.7. The van der Waals surface area contributed by atoms with Gasteiger partial charge in [0, 0.05) is 6.54 Å². The minimum absolute atomic E-state index is 0.147. The summed E-state index contributed by atoms with van der Waals surface area (Å²) < 4.78 is 0. The Morgan fingerprint density at radius 1 is 1.12 bits per heavy atom. The Labute approximate surface area is 191 Å². The maximum Gasteiger partial charge on any atom is 0.326 e. The molecule has 0 radical (unpaired) electrons. The Balaban J connectivity index is 2.90. The van der Waals surface area contributed by atoms with Gasteiger partial charge >= 0.3 is 11.9 Å². The van der Waals surface area contributed by atoms with E-state index in [0.717, 1.165) is 0 Å². The molecule has 1 fully saturated rings. The molecule has 11 nitrogen and oxygen atoms in total. The van der Waals surface area contributed by atoms with Gasteiger partial charge in [-0.15, -0.1) is 0 Å². The van der Waals surface area contributed by atoms with E-state index in [2.05, 4.69) is 10.6 Å². The van der Waals surface area contributed by atoms with Gasteiger partial charge in [0.25, 0.3) is 0 Å². The van der Waals surface area contributed by atoms with Gasteiger partial charge in [-0.1, -0.05) is 13.8 Å². The van der Waals surface area contributed by atoms with Gasteiger partial charge in [0.05, 0.1) is 12.5 Å². The van der Waals surface area contributed by atoms with E-state index in [9.17, 15) is 29.1 Å². The molecule has 1 heterocycles. The van der Waals surface area contributed by atoms with Crippen molar-refractivity contribution in [2.24, 2.45) is 11.7 Å². The van der Waals surface area contributed by atoms with Crippen LogP contribution in [0.5, 0.6) is 0 Å². The molecular formula is C20H34N4O7S. The molecule has 1 aliphatic heterocycles. The molecule has 3 amide bonds. The minimum Gasteiger partial charge on any atom is -0.481 e. The number of aliphatic carboxylic acids is 2. The van der Waals surface area contributed by atoms with Crippen LogP contribution in [0.2, 0.25) is 0 Å². The number of carbonyl (C=O) groups is 5. The first-order valence-electron chi connectivity index (χ1n) is 10.6. The van der Waals surface area contributed by atoms with Crippen molar-refractivity contribution >= 4 is 41.4 Å². The Morgan fingerprint density at radius 2 is 1.78 bits per heavy atom. The third-order valence-corrected chi connectivity index (χ3v) is 5.76. The van der Waals surface area contributed by atoms with Crippen LogP contribution in [0.1, 0.15) is 46.0 Å². The molecule has 0 aromatic carbocycles. The van der Waals surface area contributed by atoms with E-state index in [1.807, 2.05) is 13.8 Å². The fraction of sp³-hybridized carbons (Fsp3) is 0.750. The molecule has 0 aromatic heterocycles. The Morgan fingerprint density at radius 3 is 2.31 bits per heavy atom. The normalized spacial score (nSPS) is 18.7. The number of hydrogen-bond acceptors (Lipinski definition) is 7. The predicted octanol–water partition coefficient (Wildman–Crippen LogP) is -0.367. The topological polar surface area (TPSA) is 179 Å². The summed E-state index contributed by atoms with van der Waals surface area (Å²) >= 11 is 1.40. The van der Waals surface area contributed by atoms with Gasteiger partial charge in [-0.25, -0.2) is 4.79 Å². The molecule has 6 N–H and O–H groups in total. The van der Waals surface area contributed by atoms with Gasteiger partial charge in [-0.3, -0.25) is 19.2 Å². The number of thioether (sulfide) groups is 1. The second kappa shape index (κ2) is 13.3. The molecule has 32 heavy (non-hydrogen) atoms. The summed E-state index contributed by atoms with van der Waals surface area (Å²) in [6.07, 6.45) is 2.60. The molecule has 0 spiro atoms. The minimum atomic E-state index is -1.47. The van der Waals surface area contributed by atoms with Gasteiger partial charge in [0.1, 0.15) is 18.1 Å². The summed E-state index contributed by atoms with van der Waals surface area (Å²) in [6, 6.07) is -4.30. The molecule has 1 aliphatic rings. The molecule has 0 bridgehead atoms. The van der Waals surface area contributed by atoms with Gasteiger partial charge in [-0.05, 0) is 43.6 Å². The number of carboxylic acids is 2. The first-order valence-corrected chi connectivity index (χ1v) is 12.0. The number of amides is 3. The van der Waals surface area contributed by atoms with Crippen LogP contribution >= 0.6 is 11.8 Å². The number of rotatable bonds is 13. The number of carboxylic acid groups (broad SMARTS) is 2. The maximum atomic E-state index is 12.9. The fourth-order valence-electron chi connectivity index (χ4n) is 3.54. The lowest BCUT2D eigenvalue weighted by Crippen LogP contribution is -2.57. The van der Waals surface area contributed by atoms with Crippen LogP contribution in [0.3, 0.4) is 0 Å². The molecular weight excluding hydrogens is 440 g/mol.